The molecule has 0 aliphatic heterocycles. The molecule has 2 aromatic rings. The summed E-state index contributed by atoms with van der Waals surface area (Å²) in [5.41, 5.74) is 1.40. The third-order valence-corrected chi connectivity index (χ3v) is 3.73. The summed E-state index contributed by atoms with van der Waals surface area (Å²) in [5.74, 6) is 0.223. The summed E-state index contributed by atoms with van der Waals surface area (Å²) >= 11 is 3.27. The van der Waals surface area contributed by atoms with Crippen molar-refractivity contribution in [3.8, 4) is 5.75 Å². The number of hydrogen-bond acceptors (Lipinski definition) is 3. The van der Waals surface area contributed by atoms with Gasteiger partial charge < -0.3 is 9.72 Å². The van der Waals surface area contributed by atoms with E-state index in [-0.39, 0.29) is 11.4 Å². The molecule has 0 aliphatic carbocycles. The zero-order valence-electron chi connectivity index (χ0n) is 10.3. The van der Waals surface area contributed by atoms with E-state index in [2.05, 4.69) is 20.9 Å². The number of rotatable bonds is 4. The first-order valence-electron chi connectivity index (χ1n) is 5.67. The molecular weight excluding hydrogens is 310 g/mol. The third kappa shape index (κ3) is 2.93. The number of carbonyl (C=O) groups is 1. The Morgan fingerprint density at radius 2 is 2.00 bits per heavy atom. The van der Waals surface area contributed by atoms with E-state index in [1.54, 1.807) is 6.92 Å². The number of aldehydes is 1. The maximum atomic E-state index is 11.8. The molecule has 0 atom stereocenters. The number of carbonyl (C=O) groups excluding carboxylic acids is 1. The van der Waals surface area contributed by atoms with Gasteiger partial charge in [-0.25, -0.2) is 0 Å². The minimum Gasteiger partial charge on any atom is -0.483 e. The van der Waals surface area contributed by atoms with E-state index in [0.717, 1.165) is 5.56 Å². The molecule has 5 heteroatoms. The van der Waals surface area contributed by atoms with Crippen LogP contribution in [0.25, 0.3) is 0 Å². The lowest BCUT2D eigenvalue weighted by Gasteiger charge is -2.10. The Morgan fingerprint density at radius 3 is 2.63 bits per heavy atom. The Morgan fingerprint density at radius 1 is 1.32 bits per heavy atom. The standard InChI is InChI=1S/C14H12BrNO3/c1-9-12(15)11(7-17)16-14(18)13(9)19-8-10-5-3-2-4-6-10/h2-7H,8H2,1H3,(H,16,18). The highest BCUT2D eigenvalue weighted by Crippen LogP contribution is 2.24. The van der Waals surface area contributed by atoms with E-state index in [0.29, 0.717) is 22.9 Å². The number of pyridine rings is 1. The first kappa shape index (κ1) is 13.5. The maximum absolute atomic E-state index is 11.8. The van der Waals surface area contributed by atoms with Gasteiger partial charge in [-0.2, -0.15) is 0 Å². The van der Waals surface area contributed by atoms with E-state index in [4.69, 9.17) is 4.74 Å². The molecular formula is C14H12BrNO3. The van der Waals surface area contributed by atoms with Crippen molar-refractivity contribution in [1.82, 2.24) is 4.98 Å². The molecule has 0 unspecified atom stereocenters. The minimum atomic E-state index is -0.404. The van der Waals surface area contributed by atoms with Gasteiger partial charge in [0.25, 0.3) is 5.56 Å². The number of aromatic nitrogens is 1. The van der Waals surface area contributed by atoms with Crippen molar-refractivity contribution >= 4 is 22.2 Å². The quantitative estimate of drug-likeness (QED) is 0.881. The highest BCUT2D eigenvalue weighted by Gasteiger charge is 2.13. The van der Waals surface area contributed by atoms with Gasteiger partial charge >= 0.3 is 0 Å². The monoisotopic (exact) mass is 321 g/mol. The molecule has 1 aromatic carbocycles. The minimum absolute atomic E-state index is 0.217. The van der Waals surface area contributed by atoms with E-state index in [1.807, 2.05) is 30.3 Å². The van der Waals surface area contributed by atoms with Gasteiger partial charge in [-0.3, -0.25) is 9.59 Å². The molecule has 0 amide bonds. The lowest BCUT2D eigenvalue weighted by Crippen LogP contribution is -2.15. The molecule has 0 aliphatic rings. The third-order valence-electron chi connectivity index (χ3n) is 2.70. The molecule has 0 spiro atoms. The van der Waals surface area contributed by atoms with Crippen LogP contribution in [0.15, 0.2) is 39.6 Å². The smallest absolute Gasteiger partial charge is 0.291 e. The zero-order chi connectivity index (χ0) is 13.8. The molecule has 0 fully saturated rings. The number of ether oxygens (including phenoxy) is 1. The Hall–Kier alpha value is -1.88. The van der Waals surface area contributed by atoms with Crippen molar-refractivity contribution in [2.45, 2.75) is 13.5 Å². The first-order chi connectivity index (χ1) is 9.13. The topological polar surface area (TPSA) is 59.2 Å². The number of aromatic amines is 1. The molecule has 1 heterocycles. The van der Waals surface area contributed by atoms with Gasteiger partial charge in [0.2, 0.25) is 0 Å². The fourth-order valence-corrected chi connectivity index (χ4v) is 2.06. The largest absolute Gasteiger partial charge is 0.483 e. The van der Waals surface area contributed by atoms with Crippen LogP contribution in [0.3, 0.4) is 0 Å². The predicted octanol–water partition coefficient (Wildman–Crippen LogP) is 2.84. The second-order valence-electron chi connectivity index (χ2n) is 4.03. The highest BCUT2D eigenvalue weighted by atomic mass is 79.9. The average Bonchev–Trinajstić information content (AvgIpc) is 2.44. The van der Waals surface area contributed by atoms with Gasteiger partial charge in [0.1, 0.15) is 6.61 Å². The van der Waals surface area contributed by atoms with E-state index in [9.17, 15) is 9.59 Å². The van der Waals surface area contributed by atoms with Crippen LogP contribution in [-0.2, 0) is 6.61 Å². The summed E-state index contributed by atoms with van der Waals surface area (Å²) in [4.78, 5) is 25.1. The van der Waals surface area contributed by atoms with Crippen molar-refractivity contribution in [2.24, 2.45) is 0 Å². The summed E-state index contributed by atoms with van der Waals surface area (Å²) in [5, 5.41) is 0. The van der Waals surface area contributed by atoms with E-state index >= 15 is 0 Å². The molecule has 19 heavy (non-hydrogen) atoms. The van der Waals surface area contributed by atoms with Gasteiger partial charge in [0, 0.05) is 5.56 Å². The van der Waals surface area contributed by atoms with Crippen LogP contribution in [0, 0.1) is 6.92 Å². The molecule has 0 bridgehead atoms. The lowest BCUT2D eigenvalue weighted by molar-refractivity contribution is 0.111. The average molecular weight is 322 g/mol. The number of benzene rings is 1. The van der Waals surface area contributed by atoms with Crippen LogP contribution < -0.4 is 10.3 Å². The molecule has 0 radical (unpaired) electrons. The van der Waals surface area contributed by atoms with Crippen LogP contribution in [0.2, 0.25) is 0 Å². The lowest BCUT2D eigenvalue weighted by atomic mass is 10.2. The van der Waals surface area contributed by atoms with Crippen molar-refractivity contribution < 1.29 is 9.53 Å². The Kier molecular flexibility index (Phi) is 4.16. The maximum Gasteiger partial charge on any atom is 0.291 e. The predicted molar refractivity (Wildman–Crippen MR) is 75.7 cm³/mol. The zero-order valence-corrected chi connectivity index (χ0v) is 11.9. The van der Waals surface area contributed by atoms with Crippen molar-refractivity contribution in [2.75, 3.05) is 0 Å². The van der Waals surface area contributed by atoms with Gasteiger partial charge in [-0.1, -0.05) is 30.3 Å². The molecule has 1 aromatic heterocycles. The van der Waals surface area contributed by atoms with Gasteiger partial charge in [0.05, 0.1) is 10.2 Å². The van der Waals surface area contributed by atoms with Crippen molar-refractivity contribution in [3.05, 3.63) is 62.0 Å². The summed E-state index contributed by atoms with van der Waals surface area (Å²) in [6.45, 7) is 2.03. The fourth-order valence-electron chi connectivity index (χ4n) is 1.69. The van der Waals surface area contributed by atoms with E-state index in [1.165, 1.54) is 0 Å². The van der Waals surface area contributed by atoms with Crippen LogP contribution in [0.1, 0.15) is 21.6 Å². The van der Waals surface area contributed by atoms with Crippen LogP contribution in [0.5, 0.6) is 5.75 Å². The Balaban J connectivity index is 2.29. The molecule has 4 nitrogen and oxygen atoms in total. The Bertz CT molecular complexity index is 650. The number of nitrogens with one attached hydrogen (secondary N) is 1. The molecule has 0 saturated carbocycles. The normalized spacial score (nSPS) is 10.2. The summed E-state index contributed by atoms with van der Waals surface area (Å²) in [7, 11) is 0. The van der Waals surface area contributed by atoms with Crippen molar-refractivity contribution in [1.29, 1.82) is 0 Å². The highest BCUT2D eigenvalue weighted by molar-refractivity contribution is 9.10. The van der Waals surface area contributed by atoms with Crippen LogP contribution >= 0.6 is 15.9 Å². The van der Waals surface area contributed by atoms with Gasteiger partial charge in [0.15, 0.2) is 12.0 Å². The Labute approximate surface area is 118 Å². The van der Waals surface area contributed by atoms with Gasteiger partial charge in [-0.05, 0) is 28.4 Å². The number of hydrogen-bond donors (Lipinski definition) is 1. The molecule has 2 rings (SSSR count). The number of halogens is 1. The van der Waals surface area contributed by atoms with E-state index < -0.39 is 5.56 Å². The summed E-state index contributed by atoms with van der Waals surface area (Å²) in [6, 6.07) is 9.55. The number of H-pyrrole nitrogens is 1. The second kappa shape index (κ2) is 5.84. The summed E-state index contributed by atoms with van der Waals surface area (Å²) < 4.78 is 6.09. The second-order valence-corrected chi connectivity index (χ2v) is 4.82. The van der Waals surface area contributed by atoms with Gasteiger partial charge in [-0.15, -0.1) is 0 Å². The SMILES string of the molecule is Cc1c(Br)c(C=O)[nH]c(=O)c1OCc1ccccc1. The molecule has 98 valence electrons. The van der Waals surface area contributed by atoms with Crippen molar-refractivity contribution in [3.63, 3.8) is 0 Å². The molecule has 1 N–H and O–H groups in total. The van der Waals surface area contributed by atoms with Crippen LogP contribution in [-0.4, -0.2) is 11.3 Å². The molecule has 0 saturated heterocycles. The summed E-state index contributed by atoms with van der Waals surface area (Å²) in [6.07, 6.45) is 0.597. The van der Waals surface area contributed by atoms with Crippen LogP contribution in [0.4, 0.5) is 0 Å². The fraction of sp³-hybridized carbons (Fsp3) is 0.143. The first-order valence-corrected chi connectivity index (χ1v) is 6.47.